The maximum Gasteiger partial charge on any atom is 0.101 e. The largest absolute Gasteiger partial charge is 0.393 e. The van der Waals surface area contributed by atoms with E-state index in [0.717, 1.165) is 42.9 Å². The minimum absolute atomic E-state index is 0.196. The van der Waals surface area contributed by atoms with Crippen LogP contribution in [0.1, 0.15) is 38.2 Å². The molecule has 1 unspecified atom stereocenters. The Labute approximate surface area is 151 Å². The Bertz CT molecular complexity index is 611. The molecule has 1 aromatic carbocycles. The number of likely N-dealkylation sites (tertiary alicyclic amines) is 1. The topological polar surface area (TPSA) is 62.5 Å². The first kappa shape index (κ1) is 18.0. The van der Waals surface area contributed by atoms with Crippen molar-refractivity contribution in [3.8, 4) is 6.07 Å². The lowest BCUT2D eigenvalue weighted by Crippen LogP contribution is -2.37. The summed E-state index contributed by atoms with van der Waals surface area (Å²) in [5.74, 6) is 0.685. The summed E-state index contributed by atoms with van der Waals surface area (Å²) >= 11 is 0. The molecule has 25 heavy (non-hydrogen) atoms. The minimum atomic E-state index is -0.196. The summed E-state index contributed by atoms with van der Waals surface area (Å²) in [7, 11) is 2.19. The van der Waals surface area contributed by atoms with Crippen molar-refractivity contribution in [1.29, 1.82) is 5.26 Å². The number of hydrogen-bond donors (Lipinski definition) is 2. The van der Waals surface area contributed by atoms with Gasteiger partial charge in [0.05, 0.1) is 17.4 Å². The van der Waals surface area contributed by atoms with Crippen LogP contribution in [0, 0.1) is 17.2 Å². The monoisotopic (exact) mass is 342 g/mol. The number of benzene rings is 1. The molecule has 2 aliphatic heterocycles. The van der Waals surface area contributed by atoms with Gasteiger partial charge in [-0.2, -0.15) is 5.26 Å². The molecule has 2 saturated heterocycles. The second kappa shape index (κ2) is 8.07. The number of nitriles is 1. The molecule has 0 bridgehead atoms. The molecule has 0 spiro atoms. The first-order valence-corrected chi connectivity index (χ1v) is 9.49. The van der Waals surface area contributed by atoms with E-state index in [0.29, 0.717) is 12.0 Å². The second-order valence-corrected chi connectivity index (χ2v) is 7.64. The zero-order chi connectivity index (χ0) is 17.8. The summed E-state index contributed by atoms with van der Waals surface area (Å²) < 4.78 is 0. The van der Waals surface area contributed by atoms with Gasteiger partial charge in [-0.3, -0.25) is 0 Å². The first-order valence-electron chi connectivity index (χ1n) is 9.49. The molecule has 5 nitrogen and oxygen atoms in total. The van der Waals surface area contributed by atoms with Crippen LogP contribution in [0.5, 0.6) is 0 Å². The van der Waals surface area contributed by atoms with Crippen molar-refractivity contribution >= 4 is 11.4 Å². The second-order valence-electron chi connectivity index (χ2n) is 7.64. The van der Waals surface area contributed by atoms with Gasteiger partial charge < -0.3 is 20.2 Å². The summed E-state index contributed by atoms with van der Waals surface area (Å²) in [4.78, 5) is 4.61. The Morgan fingerprint density at radius 2 is 1.84 bits per heavy atom. The van der Waals surface area contributed by atoms with Crippen molar-refractivity contribution in [3.05, 3.63) is 23.8 Å². The van der Waals surface area contributed by atoms with Gasteiger partial charge in [0.25, 0.3) is 0 Å². The zero-order valence-corrected chi connectivity index (χ0v) is 15.4. The predicted molar refractivity (Wildman–Crippen MR) is 102 cm³/mol. The van der Waals surface area contributed by atoms with Crippen molar-refractivity contribution in [1.82, 2.24) is 4.90 Å². The van der Waals surface area contributed by atoms with Gasteiger partial charge in [0.2, 0.25) is 0 Å². The highest BCUT2D eigenvalue weighted by molar-refractivity contribution is 5.65. The molecule has 2 fully saturated rings. The smallest absolute Gasteiger partial charge is 0.101 e. The average Bonchev–Trinajstić information content (AvgIpc) is 2.63. The molecular formula is C20H30N4O. The normalized spacial score (nSPS) is 21.8. The molecule has 3 rings (SSSR count). The highest BCUT2D eigenvalue weighted by Gasteiger charge is 2.23. The van der Waals surface area contributed by atoms with Crippen LogP contribution in [0.25, 0.3) is 0 Å². The number of anilines is 2. The molecule has 0 amide bonds. The molecule has 2 N–H and O–H groups in total. The highest BCUT2D eigenvalue weighted by Crippen LogP contribution is 2.28. The maximum atomic E-state index is 9.68. The fourth-order valence-electron chi connectivity index (χ4n) is 4.01. The van der Waals surface area contributed by atoms with E-state index in [4.69, 9.17) is 0 Å². The molecule has 0 aliphatic carbocycles. The van der Waals surface area contributed by atoms with Crippen LogP contribution in [-0.2, 0) is 0 Å². The molecule has 2 aliphatic rings. The molecule has 0 aromatic heterocycles. The van der Waals surface area contributed by atoms with E-state index in [-0.39, 0.29) is 6.10 Å². The maximum absolute atomic E-state index is 9.68. The van der Waals surface area contributed by atoms with E-state index in [1.165, 1.54) is 25.9 Å². The van der Waals surface area contributed by atoms with Gasteiger partial charge in [0.1, 0.15) is 6.07 Å². The lowest BCUT2D eigenvalue weighted by molar-refractivity contribution is 0.145. The van der Waals surface area contributed by atoms with E-state index in [9.17, 15) is 10.4 Å². The quantitative estimate of drug-likeness (QED) is 0.881. The van der Waals surface area contributed by atoms with Crippen molar-refractivity contribution in [2.24, 2.45) is 5.92 Å². The van der Waals surface area contributed by atoms with Crippen LogP contribution < -0.4 is 10.2 Å². The number of aliphatic hydroxyl groups excluding tert-OH is 1. The van der Waals surface area contributed by atoms with Gasteiger partial charge in [-0.15, -0.1) is 0 Å². The predicted octanol–water partition coefficient (Wildman–Crippen LogP) is 2.66. The molecule has 5 heteroatoms. The van der Waals surface area contributed by atoms with Crippen molar-refractivity contribution < 1.29 is 5.11 Å². The lowest BCUT2D eigenvalue weighted by Gasteiger charge is -2.34. The summed E-state index contributed by atoms with van der Waals surface area (Å²) in [6, 6.07) is 8.89. The Morgan fingerprint density at radius 3 is 2.48 bits per heavy atom. The van der Waals surface area contributed by atoms with Crippen LogP contribution in [0.15, 0.2) is 18.2 Å². The number of nitrogens with one attached hydrogen (secondary N) is 1. The molecule has 136 valence electrons. The van der Waals surface area contributed by atoms with Crippen molar-refractivity contribution in [2.75, 3.05) is 43.4 Å². The SMILES string of the molecule is CC(Nc1ccc(N2CCC(O)CC2)c(C#N)c1)C1CCN(C)CC1. The van der Waals surface area contributed by atoms with E-state index < -0.39 is 0 Å². The highest BCUT2D eigenvalue weighted by atomic mass is 16.3. The number of rotatable bonds is 4. The Balaban J connectivity index is 1.66. The summed E-state index contributed by atoms with van der Waals surface area (Å²) in [5.41, 5.74) is 2.74. The average molecular weight is 342 g/mol. The zero-order valence-electron chi connectivity index (χ0n) is 15.4. The van der Waals surface area contributed by atoms with Gasteiger partial charge in [-0.1, -0.05) is 0 Å². The third-order valence-electron chi connectivity index (χ3n) is 5.79. The summed E-state index contributed by atoms with van der Waals surface area (Å²) in [6.45, 7) is 6.21. The van der Waals surface area contributed by atoms with E-state index in [2.05, 4.69) is 47.3 Å². The third-order valence-corrected chi connectivity index (χ3v) is 5.79. The van der Waals surface area contributed by atoms with Crippen LogP contribution in [-0.4, -0.2) is 55.4 Å². The molecule has 0 saturated carbocycles. The fraction of sp³-hybridized carbons (Fsp3) is 0.650. The first-order chi connectivity index (χ1) is 12.1. The van der Waals surface area contributed by atoms with Crippen molar-refractivity contribution in [3.63, 3.8) is 0 Å². The van der Waals surface area contributed by atoms with Crippen LogP contribution >= 0.6 is 0 Å². The third kappa shape index (κ3) is 4.45. The lowest BCUT2D eigenvalue weighted by atomic mass is 9.90. The van der Waals surface area contributed by atoms with Crippen LogP contribution in [0.2, 0.25) is 0 Å². The fourth-order valence-corrected chi connectivity index (χ4v) is 4.01. The molecule has 1 aromatic rings. The van der Waals surface area contributed by atoms with Gasteiger partial charge in [0.15, 0.2) is 0 Å². The van der Waals surface area contributed by atoms with Gasteiger partial charge in [-0.25, -0.2) is 0 Å². The Morgan fingerprint density at radius 1 is 1.16 bits per heavy atom. The van der Waals surface area contributed by atoms with E-state index in [1.54, 1.807) is 0 Å². The van der Waals surface area contributed by atoms with Crippen LogP contribution in [0.3, 0.4) is 0 Å². The van der Waals surface area contributed by atoms with E-state index >= 15 is 0 Å². The van der Waals surface area contributed by atoms with E-state index in [1.807, 2.05) is 6.07 Å². The molecular weight excluding hydrogens is 312 g/mol. The Kier molecular flexibility index (Phi) is 5.82. The number of nitrogens with zero attached hydrogens (tertiary/aromatic N) is 3. The number of piperidine rings is 2. The summed E-state index contributed by atoms with van der Waals surface area (Å²) in [6.07, 6.45) is 3.81. The molecule has 2 heterocycles. The molecule has 0 radical (unpaired) electrons. The Hall–Kier alpha value is -1.77. The van der Waals surface area contributed by atoms with Crippen molar-refractivity contribution in [2.45, 2.75) is 44.8 Å². The summed E-state index contributed by atoms with van der Waals surface area (Å²) in [5, 5.41) is 22.9. The number of aliphatic hydroxyl groups is 1. The van der Waals surface area contributed by atoms with Crippen LogP contribution in [0.4, 0.5) is 11.4 Å². The minimum Gasteiger partial charge on any atom is -0.393 e. The van der Waals surface area contributed by atoms with Gasteiger partial charge >= 0.3 is 0 Å². The molecule has 1 atom stereocenters. The van der Waals surface area contributed by atoms with Gasteiger partial charge in [0, 0.05) is 24.8 Å². The van der Waals surface area contributed by atoms with Gasteiger partial charge in [-0.05, 0) is 76.9 Å². The number of hydrogen-bond acceptors (Lipinski definition) is 5. The standard InChI is InChI=1S/C20H30N4O/c1-15(16-5-9-23(2)10-6-16)22-18-3-4-20(17(13-18)14-21)24-11-7-19(25)8-12-24/h3-4,13,15-16,19,22,25H,5-12H2,1-2H3.